The topological polar surface area (TPSA) is 112 Å². The lowest BCUT2D eigenvalue weighted by molar-refractivity contribution is -0.274. The molecule has 9 heteroatoms. The Morgan fingerprint density at radius 2 is 1.33 bits per heavy atom. The zero-order chi connectivity index (χ0) is 17.7. The van der Waals surface area contributed by atoms with Crippen molar-refractivity contribution < 1.29 is 17.9 Å². The number of ether oxygens (including phenoxy) is 1. The minimum absolute atomic E-state index is 0.0867. The van der Waals surface area contributed by atoms with Gasteiger partial charge in [-0.3, -0.25) is 0 Å². The molecule has 0 amide bonds. The smallest absolute Gasteiger partial charge is 0.406 e. The fraction of sp³-hybridized carbons (Fsp3) is 0.0667. The maximum absolute atomic E-state index is 12.1. The second kappa shape index (κ2) is 6.90. The van der Waals surface area contributed by atoms with Gasteiger partial charge in [-0.15, -0.1) is 13.2 Å². The first-order valence-corrected chi connectivity index (χ1v) is 6.63. The Morgan fingerprint density at radius 1 is 0.833 bits per heavy atom. The highest BCUT2D eigenvalue weighted by atomic mass is 19.4. The van der Waals surface area contributed by atoms with Gasteiger partial charge in [0.2, 0.25) is 5.96 Å². The van der Waals surface area contributed by atoms with E-state index in [1.165, 1.54) is 24.3 Å². The molecule has 6 N–H and O–H groups in total. The van der Waals surface area contributed by atoms with Crippen molar-refractivity contribution in [1.29, 1.82) is 0 Å². The number of rotatable bonds is 3. The molecule has 0 aliphatic heterocycles. The summed E-state index contributed by atoms with van der Waals surface area (Å²) in [5.41, 5.74) is 17.9. The second-order valence-electron chi connectivity index (χ2n) is 4.63. The lowest BCUT2D eigenvalue weighted by Gasteiger charge is -2.09. The van der Waals surface area contributed by atoms with Gasteiger partial charge in [0.25, 0.3) is 0 Å². The van der Waals surface area contributed by atoms with Crippen LogP contribution in [0, 0.1) is 0 Å². The van der Waals surface area contributed by atoms with Crippen molar-refractivity contribution >= 4 is 17.6 Å². The minimum Gasteiger partial charge on any atom is -0.406 e. The maximum Gasteiger partial charge on any atom is 0.573 e. The third-order valence-corrected chi connectivity index (χ3v) is 2.78. The molecular weight excluding hydrogens is 323 g/mol. The molecule has 0 atom stereocenters. The van der Waals surface area contributed by atoms with Gasteiger partial charge in [0, 0.05) is 0 Å². The number of guanidine groups is 2. The fourth-order valence-corrected chi connectivity index (χ4v) is 1.87. The zero-order valence-corrected chi connectivity index (χ0v) is 12.3. The summed E-state index contributed by atoms with van der Waals surface area (Å²) in [6.45, 7) is 0. The van der Waals surface area contributed by atoms with Gasteiger partial charge < -0.3 is 21.9 Å². The van der Waals surface area contributed by atoms with Crippen LogP contribution in [0.3, 0.4) is 0 Å². The highest BCUT2D eigenvalue weighted by molar-refractivity contribution is 5.93. The third kappa shape index (κ3) is 5.20. The highest BCUT2D eigenvalue weighted by Crippen LogP contribution is 2.27. The number of hydrogen-bond donors (Lipinski definition) is 3. The number of nitrogens with zero attached hydrogens (tertiary/aromatic N) is 2. The monoisotopic (exact) mass is 337 g/mol. The Hall–Kier alpha value is -3.23. The van der Waals surface area contributed by atoms with Crippen LogP contribution in [0.25, 0.3) is 11.1 Å². The molecule has 2 aromatic carbocycles. The third-order valence-electron chi connectivity index (χ3n) is 2.78. The van der Waals surface area contributed by atoms with Gasteiger partial charge in [-0.05, 0) is 35.4 Å². The molecule has 0 aliphatic rings. The summed E-state index contributed by atoms with van der Waals surface area (Å²) in [4.78, 5) is 7.58. The molecule has 0 radical (unpaired) electrons. The SMILES string of the molecule is NC(N)=NC(N)=Nc1ccc(-c2ccc(OC(F)(F)F)cc2)cc1. The molecule has 0 saturated carbocycles. The maximum atomic E-state index is 12.1. The van der Waals surface area contributed by atoms with Crippen LogP contribution in [0.4, 0.5) is 18.9 Å². The standard InChI is InChI=1S/C15H14F3N5O/c16-15(17,18)24-12-7-3-10(4-8-12)9-1-5-11(6-2-9)22-14(21)23-13(19)20/h1-8H,(H6,19,20,21,22,23). The van der Waals surface area contributed by atoms with Crippen LogP contribution in [-0.4, -0.2) is 18.3 Å². The quantitative estimate of drug-likeness (QED) is 0.590. The van der Waals surface area contributed by atoms with Crippen LogP contribution in [0.5, 0.6) is 5.75 Å². The van der Waals surface area contributed by atoms with Gasteiger partial charge in [-0.2, -0.15) is 4.99 Å². The van der Waals surface area contributed by atoms with Crippen LogP contribution in [0.2, 0.25) is 0 Å². The van der Waals surface area contributed by atoms with E-state index < -0.39 is 6.36 Å². The number of hydrogen-bond acceptors (Lipinski definition) is 2. The Balaban J connectivity index is 2.15. The summed E-state index contributed by atoms with van der Waals surface area (Å²) in [6, 6.07) is 12.3. The molecule has 0 aliphatic carbocycles. The van der Waals surface area contributed by atoms with Crippen molar-refractivity contribution in [3.63, 3.8) is 0 Å². The largest absolute Gasteiger partial charge is 0.573 e. The summed E-state index contributed by atoms with van der Waals surface area (Å²) < 4.78 is 40.2. The Kier molecular flexibility index (Phi) is 4.93. The van der Waals surface area contributed by atoms with Crippen molar-refractivity contribution in [3.05, 3.63) is 48.5 Å². The molecule has 126 valence electrons. The van der Waals surface area contributed by atoms with Crippen LogP contribution in [-0.2, 0) is 0 Å². The summed E-state index contributed by atoms with van der Waals surface area (Å²) in [6.07, 6.45) is -4.71. The van der Waals surface area contributed by atoms with E-state index in [9.17, 15) is 13.2 Å². The van der Waals surface area contributed by atoms with Gasteiger partial charge in [0.05, 0.1) is 5.69 Å². The highest BCUT2D eigenvalue weighted by Gasteiger charge is 2.30. The van der Waals surface area contributed by atoms with E-state index >= 15 is 0 Å². The summed E-state index contributed by atoms with van der Waals surface area (Å²) in [5.74, 6) is -0.567. The first-order chi connectivity index (χ1) is 11.2. The molecule has 0 bridgehead atoms. The Labute approximate surface area is 135 Å². The number of halogens is 3. The van der Waals surface area contributed by atoms with Crippen LogP contribution >= 0.6 is 0 Å². The van der Waals surface area contributed by atoms with Crippen molar-refractivity contribution in [2.75, 3.05) is 0 Å². The average Bonchev–Trinajstić information content (AvgIpc) is 2.46. The van der Waals surface area contributed by atoms with Crippen LogP contribution in [0.1, 0.15) is 0 Å². The van der Waals surface area contributed by atoms with E-state index in [0.29, 0.717) is 5.69 Å². The average molecular weight is 337 g/mol. The molecule has 0 saturated heterocycles. The lowest BCUT2D eigenvalue weighted by Crippen LogP contribution is -2.26. The number of alkyl halides is 3. The van der Waals surface area contributed by atoms with Crippen molar-refractivity contribution in [2.45, 2.75) is 6.36 Å². The van der Waals surface area contributed by atoms with Crippen molar-refractivity contribution in [2.24, 2.45) is 27.2 Å². The van der Waals surface area contributed by atoms with Crippen molar-refractivity contribution in [3.8, 4) is 16.9 Å². The van der Waals surface area contributed by atoms with E-state index in [4.69, 9.17) is 17.2 Å². The summed E-state index contributed by atoms with van der Waals surface area (Å²) in [5, 5.41) is 0. The second-order valence-corrected chi connectivity index (χ2v) is 4.63. The molecule has 0 fully saturated rings. The Bertz CT molecular complexity index is 748. The van der Waals surface area contributed by atoms with E-state index in [2.05, 4.69) is 14.7 Å². The number of benzene rings is 2. The summed E-state index contributed by atoms with van der Waals surface area (Å²) >= 11 is 0. The minimum atomic E-state index is -4.71. The van der Waals surface area contributed by atoms with E-state index in [1.54, 1.807) is 24.3 Å². The van der Waals surface area contributed by atoms with E-state index in [1.807, 2.05) is 0 Å². The molecule has 0 aromatic heterocycles. The van der Waals surface area contributed by atoms with Crippen LogP contribution in [0.15, 0.2) is 58.5 Å². The van der Waals surface area contributed by atoms with E-state index in [-0.39, 0.29) is 17.7 Å². The predicted molar refractivity (Wildman–Crippen MR) is 85.7 cm³/mol. The molecule has 0 spiro atoms. The number of nitrogens with two attached hydrogens (primary N) is 3. The first-order valence-electron chi connectivity index (χ1n) is 6.63. The molecule has 6 nitrogen and oxygen atoms in total. The van der Waals surface area contributed by atoms with Gasteiger partial charge in [-0.1, -0.05) is 24.3 Å². The van der Waals surface area contributed by atoms with Crippen LogP contribution < -0.4 is 21.9 Å². The summed E-state index contributed by atoms with van der Waals surface area (Å²) in [7, 11) is 0. The van der Waals surface area contributed by atoms with Crippen molar-refractivity contribution in [1.82, 2.24) is 0 Å². The molecular formula is C15H14F3N5O. The molecule has 2 rings (SSSR count). The predicted octanol–water partition coefficient (Wildman–Crippen LogP) is 2.47. The van der Waals surface area contributed by atoms with Gasteiger partial charge in [0.1, 0.15) is 5.75 Å². The normalized spacial score (nSPS) is 11.9. The zero-order valence-electron chi connectivity index (χ0n) is 12.3. The fourth-order valence-electron chi connectivity index (χ4n) is 1.87. The van der Waals surface area contributed by atoms with Gasteiger partial charge in [-0.25, -0.2) is 4.99 Å². The Morgan fingerprint density at radius 3 is 1.79 bits per heavy atom. The van der Waals surface area contributed by atoms with Gasteiger partial charge in [0.15, 0.2) is 5.96 Å². The molecule has 24 heavy (non-hydrogen) atoms. The van der Waals surface area contributed by atoms with Gasteiger partial charge >= 0.3 is 6.36 Å². The number of aliphatic imine (C=N–C) groups is 2. The van der Waals surface area contributed by atoms with E-state index in [0.717, 1.165) is 11.1 Å². The first kappa shape index (κ1) is 17.1. The lowest BCUT2D eigenvalue weighted by atomic mass is 10.1. The molecule has 0 unspecified atom stereocenters. The molecule has 0 heterocycles. The molecule has 2 aromatic rings.